The second-order valence-corrected chi connectivity index (χ2v) is 11.1. The number of hydrogen-bond donors (Lipinski definition) is 3. The highest BCUT2D eigenvalue weighted by atomic mass is 35.5. The van der Waals surface area contributed by atoms with Crippen LogP contribution in [0.2, 0.25) is 5.02 Å². The molecule has 2 aliphatic heterocycles. The summed E-state index contributed by atoms with van der Waals surface area (Å²) < 4.78 is 0. The summed E-state index contributed by atoms with van der Waals surface area (Å²) in [4.78, 5) is 36.7. The standard InChI is InChI=1S/C28H27ClN6O2S/c29-21-6-5-19(32-26(36)18-2-1-3-18)16-23(21)33-28-34-27(37)25(38-28)15-17-4-7-22-20(14-17)24(8-9-31-22)35-12-10-30-11-13-35/h4-9,14-16,18,30H,1-3,10-13H2,(H,32,36)(H,33,34,37). The van der Waals surface area contributed by atoms with Crippen molar-refractivity contribution in [3.63, 3.8) is 0 Å². The maximum atomic E-state index is 12.7. The molecular formula is C28H27ClN6O2S. The van der Waals surface area contributed by atoms with E-state index in [0.717, 1.165) is 67.6 Å². The van der Waals surface area contributed by atoms with Crippen molar-refractivity contribution in [3.8, 4) is 0 Å². The Morgan fingerprint density at radius 2 is 1.97 bits per heavy atom. The van der Waals surface area contributed by atoms with Crippen LogP contribution in [0.5, 0.6) is 0 Å². The second-order valence-electron chi connectivity index (χ2n) is 9.61. The molecule has 0 bridgehead atoms. The van der Waals surface area contributed by atoms with Gasteiger partial charge in [-0.15, -0.1) is 0 Å². The third-order valence-electron chi connectivity index (χ3n) is 7.07. The van der Waals surface area contributed by atoms with Crippen molar-refractivity contribution in [2.24, 2.45) is 10.9 Å². The molecule has 6 rings (SSSR count). The first-order valence-electron chi connectivity index (χ1n) is 12.8. The molecule has 8 nitrogen and oxygen atoms in total. The van der Waals surface area contributed by atoms with Crippen LogP contribution in [0.25, 0.3) is 17.0 Å². The van der Waals surface area contributed by atoms with Crippen LogP contribution in [0, 0.1) is 5.92 Å². The number of amidine groups is 1. The van der Waals surface area contributed by atoms with Crippen LogP contribution in [-0.4, -0.2) is 48.1 Å². The molecule has 194 valence electrons. The fourth-order valence-electron chi connectivity index (χ4n) is 4.76. The number of amides is 2. The van der Waals surface area contributed by atoms with Crippen LogP contribution in [0.3, 0.4) is 0 Å². The number of thioether (sulfide) groups is 1. The number of carbonyl (C=O) groups is 2. The molecule has 10 heteroatoms. The summed E-state index contributed by atoms with van der Waals surface area (Å²) in [6, 6.07) is 13.3. The quantitative estimate of drug-likeness (QED) is 0.382. The molecule has 2 amide bonds. The molecule has 3 N–H and O–H groups in total. The summed E-state index contributed by atoms with van der Waals surface area (Å²) in [5.41, 5.74) is 4.22. The number of piperazine rings is 1. The smallest absolute Gasteiger partial charge is 0.286 e. The third kappa shape index (κ3) is 5.27. The predicted molar refractivity (Wildman–Crippen MR) is 156 cm³/mol. The van der Waals surface area contributed by atoms with Crippen LogP contribution in [0.1, 0.15) is 24.8 Å². The lowest BCUT2D eigenvalue weighted by atomic mass is 9.85. The van der Waals surface area contributed by atoms with Gasteiger partial charge in [0.2, 0.25) is 5.91 Å². The van der Waals surface area contributed by atoms with Gasteiger partial charge in [0.15, 0.2) is 5.17 Å². The van der Waals surface area contributed by atoms with Gasteiger partial charge in [-0.1, -0.05) is 24.1 Å². The van der Waals surface area contributed by atoms with E-state index < -0.39 is 0 Å². The largest absolute Gasteiger partial charge is 0.368 e. The van der Waals surface area contributed by atoms with Gasteiger partial charge in [0, 0.05) is 55.1 Å². The molecule has 1 aromatic heterocycles. The van der Waals surface area contributed by atoms with E-state index in [2.05, 4.69) is 43.0 Å². The molecule has 1 aliphatic carbocycles. The van der Waals surface area contributed by atoms with Crippen LogP contribution in [0.4, 0.5) is 17.1 Å². The summed E-state index contributed by atoms with van der Waals surface area (Å²) in [6.45, 7) is 3.78. The van der Waals surface area contributed by atoms with Gasteiger partial charge in [0.05, 0.1) is 21.1 Å². The van der Waals surface area contributed by atoms with Crippen molar-refractivity contribution >= 4 is 74.4 Å². The van der Waals surface area contributed by atoms with Gasteiger partial charge in [0.25, 0.3) is 5.91 Å². The van der Waals surface area contributed by atoms with E-state index in [4.69, 9.17) is 11.6 Å². The van der Waals surface area contributed by atoms with Gasteiger partial charge in [-0.3, -0.25) is 14.6 Å². The molecule has 0 spiro atoms. The Bertz CT molecular complexity index is 1480. The lowest BCUT2D eigenvalue weighted by Gasteiger charge is -2.30. The number of halogens is 1. The summed E-state index contributed by atoms with van der Waals surface area (Å²) in [7, 11) is 0. The van der Waals surface area contributed by atoms with E-state index >= 15 is 0 Å². The van der Waals surface area contributed by atoms with Crippen molar-refractivity contribution in [2.45, 2.75) is 19.3 Å². The highest BCUT2D eigenvalue weighted by molar-refractivity contribution is 8.18. The molecule has 3 aromatic rings. The number of anilines is 3. The van der Waals surface area contributed by atoms with Crippen LogP contribution < -0.4 is 20.9 Å². The number of fused-ring (bicyclic) bond motifs is 1. The minimum atomic E-state index is -0.309. The third-order valence-corrected chi connectivity index (χ3v) is 8.30. The van der Waals surface area contributed by atoms with Gasteiger partial charge in [0.1, 0.15) is 0 Å². The normalized spacial score (nSPS) is 19.0. The van der Waals surface area contributed by atoms with E-state index in [1.165, 1.54) is 11.8 Å². The molecule has 38 heavy (non-hydrogen) atoms. The first-order valence-corrected chi connectivity index (χ1v) is 14.0. The maximum Gasteiger partial charge on any atom is 0.286 e. The molecule has 0 radical (unpaired) electrons. The lowest BCUT2D eigenvalue weighted by molar-refractivity contribution is -0.122. The zero-order valence-corrected chi connectivity index (χ0v) is 22.2. The van der Waals surface area contributed by atoms with Crippen molar-refractivity contribution < 1.29 is 9.59 Å². The van der Waals surface area contributed by atoms with Gasteiger partial charge in [-0.25, -0.2) is 0 Å². The van der Waals surface area contributed by atoms with E-state index in [1.807, 2.05) is 24.4 Å². The molecule has 1 saturated carbocycles. The van der Waals surface area contributed by atoms with Crippen molar-refractivity contribution in [1.29, 1.82) is 0 Å². The van der Waals surface area contributed by atoms with Crippen molar-refractivity contribution in [3.05, 3.63) is 64.2 Å². The fraction of sp³-hybridized carbons (Fsp3) is 0.286. The average Bonchev–Trinajstić information content (AvgIpc) is 3.23. The van der Waals surface area contributed by atoms with E-state index in [9.17, 15) is 9.59 Å². The molecule has 3 heterocycles. The van der Waals surface area contributed by atoms with Crippen molar-refractivity contribution in [2.75, 3.05) is 41.7 Å². The Balaban J connectivity index is 1.19. The Kier molecular flexibility index (Phi) is 7.06. The molecule has 2 fully saturated rings. The number of benzene rings is 2. The van der Waals surface area contributed by atoms with Crippen LogP contribution >= 0.6 is 23.4 Å². The monoisotopic (exact) mass is 546 g/mol. The first kappa shape index (κ1) is 24.9. The highest BCUT2D eigenvalue weighted by Crippen LogP contribution is 2.34. The molecular weight excluding hydrogens is 520 g/mol. The number of carbonyl (C=O) groups excluding carboxylic acids is 2. The summed E-state index contributed by atoms with van der Waals surface area (Å²) >= 11 is 7.66. The zero-order chi connectivity index (χ0) is 26.1. The zero-order valence-electron chi connectivity index (χ0n) is 20.7. The van der Waals surface area contributed by atoms with E-state index in [-0.39, 0.29) is 17.7 Å². The Morgan fingerprint density at radius 3 is 2.76 bits per heavy atom. The topological polar surface area (TPSA) is 98.7 Å². The minimum absolute atomic E-state index is 0.0307. The number of pyridine rings is 1. The first-order chi connectivity index (χ1) is 18.5. The number of aromatic nitrogens is 1. The number of nitrogens with one attached hydrogen (secondary N) is 3. The van der Waals surface area contributed by atoms with Gasteiger partial charge >= 0.3 is 0 Å². The molecule has 2 aromatic carbocycles. The highest BCUT2D eigenvalue weighted by Gasteiger charge is 2.26. The Labute approximate surface area is 229 Å². The number of rotatable bonds is 5. The molecule has 1 saturated heterocycles. The molecule has 3 aliphatic rings. The number of hydrogen-bond acceptors (Lipinski definition) is 7. The predicted octanol–water partition coefficient (Wildman–Crippen LogP) is 5.12. The second kappa shape index (κ2) is 10.8. The van der Waals surface area contributed by atoms with Crippen molar-refractivity contribution in [1.82, 2.24) is 10.3 Å². The van der Waals surface area contributed by atoms with Crippen LogP contribution in [-0.2, 0) is 9.59 Å². The van der Waals surface area contributed by atoms with Gasteiger partial charge < -0.3 is 20.9 Å². The summed E-state index contributed by atoms with van der Waals surface area (Å²) in [5.74, 6) is -0.194. The minimum Gasteiger partial charge on any atom is -0.368 e. The Hall–Kier alpha value is -3.40. The van der Waals surface area contributed by atoms with Gasteiger partial charge in [-0.05, 0) is 72.6 Å². The SMILES string of the molecule is O=C1N=C(Nc2cc(NC(=O)C3CCC3)ccc2Cl)SC1=Cc1ccc2nccc(N3CCNCC3)c2c1. The van der Waals surface area contributed by atoms with E-state index in [1.54, 1.807) is 18.2 Å². The maximum absolute atomic E-state index is 12.7. The summed E-state index contributed by atoms with van der Waals surface area (Å²) in [6.07, 6.45) is 6.66. The Morgan fingerprint density at radius 1 is 1.13 bits per heavy atom. The molecule has 0 atom stereocenters. The van der Waals surface area contributed by atoms with E-state index in [0.29, 0.717) is 26.5 Å². The summed E-state index contributed by atoms with van der Waals surface area (Å²) in [5, 5.41) is 11.5. The number of nitrogens with zero attached hydrogens (tertiary/aromatic N) is 3. The lowest BCUT2D eigenvalue weighted by Crippen LogP contribution is -2.43. The fourth-order valence-corrected chi connectivity index (χ4v) is 5.75. The molecule has 0 unspecified atom stereocenters. The van der Waals surface area contributed by atoms with Crippen LogP contribution in [0.15, 0.2) is 58.6 Å². The average molecular weight is 547 g/mol. The van der Waals surface area contributed by atoms with Gasteiger partial charge in [-0.2, -0.15) is 4.99 Å². The number of aliphatic imine (C=N–C) groups is 1.